The lowest BCUT2D eigenvalue weighted by Crippen LogP contribution is -2.47. The molecule has 0 bridgehead atoms. The van der Waals surface area contributed by atoms with Gasteiger partial charge < -0.3 is 28.8 Å². The third-order valence-electron chi connectivity index (χ3n) is 6.45. The molecule has 1 fully saturated rings. The molecule has 0 saturated carbocycles. The Hall–Kier alpha value is -4.22. The van der Waals surface area contributed by atoms with Crippen LogP contribution in [-0.4, -0.2) is 84.9 Å². The van der Waals surface area contributed by atoms with Crippen molar-refractivity contribution in [2.24, 2.45) is 0 Å². The first-order valence-electron chi connectivity index (χ1n) is 12.3. The predicted molar refractivity (Wildman–Crippen MR) is 139 cm³/mol. The fraction of sp³-hybridized carbons (Fsp3) is 0.333. The molecule has 11 heteroatoms. The number of nitrogens with one attached hydrogen (secondary N) is 1. The molecular formula is C27H29N5O6. The molecule has 0 spiro atoms. The van der Waals surface area contributed by atoms with Crippen molar-refractivity contribution in [3.63, 3.8) is 0 Å². The number of hydrogen-bond acceptors (Lipinski definition) is 11. The number of furan rings is 1. The maximum Gasteiger partial charge on any atom is 0.204 e. The van der Waals surface area contributed by atoms with E-state index in [4.69, 9.17) is 18.6 Å². The first-order chi connectivity index (χ1) is 18.6. The molecule has 1 aromatic carbocycles. The highest BCUT2D eigenvalue weighted by molar-refractivity contribution is 6.21. The van der Waals surface area contributed by atoms with E-state index in [-0.39, 0.29) is 17.3 Å². The van der Waals surface area contributed by atoms with Gasteiger partial charge in [0.2, 0.25) is 11.6 Å². The zero-order chi connectivity index (χ0) is 26.5. The molecule has 3 aromatic rings. The maximum atomic E-state index is 13.0. The van der Waals surface area contributed by atoms with Crippen LogP contribution in [0.25, 0.3) is 10.9 Å². The molecule has 198 valence electrons. The maximum absolute atomic E-state index is 13.0. The summed E-state index contributed by atoms with van der Waals surface area (Å²) in [6.45, 7) is 4.32. The van der Waals surface area contributed by atoms with Crippen LogP contribution in [0.15, 0.2) is 64.8 Å². The zero-order valence-electron chi connectivity index (χ0n) is 21.3. The number of aromatic nitrogens is 2. The van der Waals surface area contributed by atoms with Gasteiger partial charge in [0.25, 0.3) is 0 Å². The van der Waals surface area contributed by atoms with Crippen molar-refractivity contribution in [3.05, 3.63) is 66.2 Å². The third-order valence-corrected chi connectivity index (χ3v) is 6.45. The molecule has 2 aromatic heterocycles. The number of benzene rings is 1. The van der Waals surface area contributed by atoms with Crippen molar-refractivity contribution in [1.82, 2.24) is 19.8 Å². The van der Waals surface area contributed by atoms with Crippen LogP contribution in [0.1, 0.15) is 5.76 Å². The van der Waals surface area contributed by atoms with Gasteiger partial charge in [0.1, 0.15) is 24.5 Å². The van der Waals surface area contributed by atoms with Gasteiger partial charge in [-0.2, -0.15) is 0 Å². The standard InChI is InChI=1S/C27H29N5O6/c1-35-10-11-38-26-14-20-19(12-25(26)36-2)27(29-17-28-20)30-21-13-24(34)22(15-23(21)33)32-7-5-31(6-8-32)16-18-4-3-9-37-18/h3-4,9,12-15,17H,5-8,10-11,16H2,1-2H3,(H,28,29,30). The molecule has 11 nitrogen and oxygen atoms in total. The van der Waals surface area contributed by atoms with E-state index in [2.05, 4.69) is 20.2 Å². The smallest absolute Gasteiger partial charge is 0.204 e. The van der Waals surface area contributed by atoms with Crippen LogP contribution >= 0.6 is 0 Å². The van der Waals surface area contributed by atoms with E-state index in [9.17, 15) is 9.59 Å². The van der Waals surface area contributed by atoms with Crippen LogP contribution in [0.5, 0.6) is 11.5 Å². The van der Waals surface area contributed by atoms with Crippen molar-refractivity contribution >= 4 is 28.3 Å². The van der Waals surface area contributed by atoms with Gasteiger partial charge in [-0.15, -0.1) is 0 Å². The minimum absolute atomic E-state index is 0.148. The molecule has 1 aliphatic heterocycles. The fourth-order valence-corrected chi connectivity index (χ4v) is 4.46. The molecule has 0 amide bonds. The SMILES string of the molecule is COCCOc1cc2ncnc(NC3=CC(=O)C(N4CCN(Cc5ccco5)CC4)=CC3=O)c2cc1OC. The van der Waals surface area contributed by atoms with Crippen LogP contribution in [0, 0.1) is 0 Å². The van der Waals surface area contributed by atoms with Gasteiger partial charge in [-0.25, -0.2) is 9.97 Å². The van der Waals surface area contributed by atoms with Gasteiger partial charge in [0, 0.05) is 56.9 Å². The summed E-state index contributed by atoms with van der Waals surface area (Å²) >= 11 is 0. The molecule has 0 radical (unpaired) electrons. The van der Waals surface area contributed by atoms with Crippen molar-refractivity contribution in [2.75, 3.05) is 58.9 Å². The number of carbonyl (C=O) groups excluding carboxylic acids is 2. The summed E-state index contributed by atoms with van der Waals surface area (Å²) < 4.78 is 21.7. The Kier molecular flexibility index (Phi) is 7.66. The Morgan fingerprint density at radius 3 is 2.58 bits per heavy atom. The monoisotopic (exact) mass is 519 g/mol. The summed E-state index contributed by atoms with van der Waals surface area (Å²) in [4.78, 5) is 38.9. The average molecular weight is 520 g/mol. The molecule has 2 aliphatic rings. The first-order valence-corrected chi connectivity index (χ1v) is 12.3. The molecule has 0 atom stereocenters. The van der Waals surface area contributed by atoms with Crippen molar-refractivity contribution < 1.29 is 28.2 Å². The molecular weight excluding hydrogens is 490 g/mol. The van der Waals surface area contributed by atoms with Crippen molar-refractivity contribution in [2.45, 2.75) is 6.54 Å². The van der Waals surface area contributed by atoms with Gasteiger partial charge in [0.15, 0.2) is 11.5 Å². The van der Waals surface area contributed by atoms with Gasteiger partial charge in [0.05, 0.1) is 43.4 Å². The second-order valence-corrected chi connectivity index (χ2v) is 8.87. The molecule has 38 heavy (non-hydrogen) atoms. The summed E-state index contributed by atoms with van der Waals surface area (Å²) in [5.74, 6) is 1.77. The highest BCUT2D eigenvalue weighted by atomic mass is 16.5. The van der Waals surface area contributed by atoms with E-state index in [1.165, 1.54) is 25.6 Å². The van der Waals surface area contributed by atoms with E-state index in [0.717, 1.165) is 25.4 Å². The Morgan fingerprint density at radius 2 is 1.84 bits per heavy atom. The van der Waals surface area contributed by atoms with Crippen LogP contribution in [0.4, 0.5) is 5.82 Å². The second kappa shape index (κ2) is 11.4. The lowest BCUT2D eigenvalue weighted by molar-refractivity contribution is -0.116. The summed E-state index contributed by atoms with van der Waals surface area (Å²) in [5, 5.41) is 3.64. The third kappa shape index (κ3) is 5.53. The second-order valence-electron chi connectivity index (χ2n) is 8.87. The van der Waals surface area contributed by atoms with Crippen molar-refractivity contribution in [1.29, 1.82) is 0 Å². The number of fused-ring (bicyclic) bond motifs is 1. The Bertz CT molecular complexity index is 1380. The average Bonchev–Trinajstić information content (AvgIpc) is 3.44. The number of allylic oxidation sites excluding steroid dienone is 2. The number of rotatable bonds is 10. The van der Waals surface area contributed by atoms with Gasteiger partial charge in [-0.3, -0.25) is 14.5 Å². The van der Waals surface area contributed by atoms with Gasteiger partial charge in [-0.05, 0) is 18.2 Å². The van der Waals surface area contributed by atoms with Crippen LogP contribution in [0.3, 0.4) is 0 Å². The number of ether oxygens (including phenoxy) is 3. The van der Waals surface area contributed by atoms with E-state index in [1.54, 1.807) is 25.5 Å². The Labute approximate surface area is 219 Å². The Balaban J connectivity index is 1.28. The number of methoxy groups -OCH3 is 2. The molecule has 5 rings (SSSR count). The first kappa shape index (κ1) is 25.4. The van der Waals surface area contributed by atoms with Gasteiger partial charge >= 0.3 is 0 Å². The normalized spacial score (nSPS) is 16.4. The molecule has 0 unspecified atom stereocenters. The Morgan fingerprint density at radius 1 is 1.00 bits per heavy atom. The van der Waals surface area contributed by atoms with E-state index < -0.39 is 0 Å². The van der Waals surface area contributed by atoms with Crippen LogP contribution < -0.4 is 14.8 Å². The van der Waals surface area contributed by atoms with Crippen molar-refractivity contribution in [3.8, 4) is 11.5 Å². The highest BCUT2D eigenvalue weighted by Crippen LogP contribution is 2.34. The van der Waals surface area contributed by atoms with E-state index >= 15 is 0 Å². The predicted octanol–water partition coefficient (Wildman–Crippen LogP) is 2.41. The largest absolute Gasteiger partial charge is 0.493 e. The topological polar surface area (TPSA) is 119 Å². The highest BCUT2D eigenvalue weighted by Gasteiger charge is 2.28. The summed E-state index contributed by atoms with van der Waals surface area (Å²) in [5.41, 5.74) is 1.15. The molecule has 1 saturated heterocycles. The molecule has 1 aliphatic carbocycles. The molecule has 1 N–H and O–H groups in total. The van der Waals surface area contributed by atoms with E-state index in [0.29, 0.717) is 60.2 Å². The van der Waals surface area contributed by atoms with E-state index in [1.807, 2.05) is 17.0 Å². The minimum Gasteiger partial charge on any atom is -0.493 e. The summed E-state index contributed by atoms with van der Waals surface area (Å²) in [6, 6.07) is 7.29. The number of hydrogen-bond donors (Lipinski definition) is 1. The molecule has 3 heterocycles. The number of nitrogens with zero attached hydrogens (tertiary/aromatic N) is 4. The quantitative estimate of drug-likeness (QED) is 0.314. The summed E-state index contributed by atoms with van der Waals surface area (Å²) in [6.07, 6.45) is 5.78. The number of anilines is 1. The van der Waals surface area contributed by atoms with Crippen LogP contribution in [-0.2, 0) is 20.9 Å². The lowest BCUT2D eigenvalue weighted by atomic mass is 10.0. The van der Waals surface area contributed by atoms with Gasteiger partial charge in [-0.1, -0.05) is 0 Å². The minimum atomic E-state index is -0.295. The number of piperazine rings is 1. The zero-order valence-corrected chi connectivity index (χ0v) is 21.3. The summed E-state index contributed by atoms with van der Waals surface area (Å²) in [7, 11) is 3.14. The fourth-order valence-electron chi connectivity index (χ4n) is 4.46. The number of carbonyl (C=O) groups is 2. The lowest BCUT2D eigenvalue weighted by Gasteiger charge is -2.36. The van der Waals surface area contributed by atoms with Crippen LogP contribution in [0.2, 0.25) is 0 Å². The number of ketones is 2.